The van der Waals surface area contributed by atoms with E-state index in [4.69, 9.17) is 0 Å². The minimum atomic E-state index is 0. The van der Waals surface area contributed by atoms with Gasteiger partial charge in [-0.3, -0.25) is 0 Å². The fourth-order valence-corrected chi connectivity index (χ4v) is 0. The number of rotatable bonds is 0. The topological polar surface area (TPSA) is 0 Å². The normalized spacial score (nSPS) is 0. The summed E-state index contributed by atoms with van der Waals surface area (Å²) in [4.78, 5) is 0. The molecule has 0 N–H and O–H groups in total. The maximum atomic E-state index is 0. The van der Waals surface area contributed by atoms with E-state index in [0.717, 1.165) is 0 Å². The van der Waals surface area contributed by atoms with Gasteiger partial charge in [-0.15, -0.1) is 0 Å². The largest absolute Gasteiger partial charge is 0.0776 e. The minimum absolute atomic E-state index is 0. The maximum Gasteiger partial charge on any atom is 0 e. The molecule has 1 heteroatoms. The van der Waals surface area contributed by atoms with Gasteiger partial charge in [0.25, 0.3) is 0 Å². The van der Waals surface area contributed by atoms with Crippen LogP contribution < -0.4 is 0 Å². The Morgan fingerprint density at radius 3 is 0.400 bits per heavy atom. The van der Waals surface area contributed by atoms with E-state index in [1.165, 1.54) is 0 Å². The summed E-state index contributed by atoms with van der Waals surface area (Å²) >= 11 is 0. The van der Waals surface area contributed by atoms with Crippen LogP contribution in [0.3, 0.4) is 0 Å². The van der Waals surface area contributed by atoms with Crippen LogP contribution in [-0.2, 0) is 0 Å². The van der Waals surface area contributed by atoms with Crippen molar-refractivity contribution in [1.82, 2.24) is 0 Å². The third-order valence-corrected chi connectivity index (χ3v) is 0. The molecule has 0 aromatic heterocycles. The molecule has 0 aliphatic carbocycles. The summed E-state index contributed by atoms with van der Waals surface area (Å²) in [5.41, 5.74) is 0. The zero-order valence-electron chi connectivity index (χ0n) is 0.500. The van der Waals surface area contributed by atoms with E-state index in [1.54, 1.807) is 0 Å². The van der Waals surface area contributed by atoms with E-state index in [0.29, 0.717) is 0 Å². The Kier molecular flexibility index (Phi) is 3010. The van der Waals surface area contributed by atoms with Crippen LogP contribution in [0.1, 0.15) is 29.7 Å². The molecule has 0 fully saturated rings. The first kappa shape index (κ1) is 169. The van der Waals surface area contributed by atoms with Crippen LogP contribution in [0.5, 0.6) is 0 Å². The molecule has 0 amide bonds. The van der Waals surface area contributed by atoms with E-state index >= 15 is 0 Å². The van der Waals surface area contributed by atoms with E-state index in [9.17, 15) is 0 Å². The van der Waals surface area contributed by atoms with Gasteiger partial charge in [-0.05, 0) is 0 Å². The summed E-state index contributed by atoms with van der Waals surface area (Å²) in [5.74, 6) is 0. The van der Waals surface area contributed by atoms with E-state index in [-0.39, 0.29) is 57.0 Å². The van der Waals surface area contributed by atoms with Gasteiger partial charge in [0.1, 0.15) is 0 Å². The van der Waals surface area contributed by atoms with Gasteiger partial charge in [0.2, 0.25) is 0 Å². The van der Waals surface area contributed by atoms with Crippen molar-refractivity contribution in [3.05, 3.63) is 0 Å². The van der Waals surface area contributed by atoms with E-state index < -0.39 is 0 Å². The van der Waals surface area contributed by atoms with Crippen LogP contribution in [-0.4, -0.2) is 27.3 Å². The smallest absolute Gasteiger partial charge is 0 e. The molecule has 0 atom stereocenters. The van der Waals surface area contributed by atoms with E-state index in [2.05, 4.69) is 0 Å². The van der Waals surface area contributed by atoms with Crippen molar-refractivity contribution in [3.8, 4) is 0 Å². The Hall–Kier alpha value is 0.922. The molecule has 0 unspecified atom stereocenters. The predicted molar refractivity (Wildman–Crippen MR) is 32.7 cm³/mol. The molecule has 0 heterocycles. The van der Waals surface area contributed by atoms with Crippen molar-refractivity contribution in [1.29, 1.82) is 0 Å². The first-order chi connectivity index (χ1) is 0. The van der Waals surface area contributed by atoms with Crippen LogP contribution in [0.15, 0.2) is 0 Å². The summed E-state index contributed by atoms with van der Waals surface area (Å²) in [6, 6.07) is 0. The van der Waals surface area contributed by atoms with E-state index in [1.807, 2.05) is 0 Å². The molecule has 0 nitrogen and oxygen atoms in total. The van der Waals surface area contributed by atoms with Gasteiger partial charge < -0.3 is 0 Å². The van der Waals surface area contributed by atoms with Crippen molar-refractivity contribution in [2.75, 3.05) is 0 Å². The molecule has 5 heavy (non-hydrogen) atoms. The van der Waals surface area contributed by atoms with Crippen LogP contribution in [0.2, 0.25) is 0 Å². The second-order valence-corrected chi connectivity index (χ2v) is 0. The van der Waals surface area contributed by atoms with Gasteiger partial charge in [0.15, 0.2) is 0 Å². The van der Waals surface area contributed by atoms with Gasteiger partial charge in [-0.2, -0.15) is 0 Å². The standard InChI is InChI=1S/4CH4.Pb/h4*1H4;. The zero-order valence-corrected chi connectivity index (χ0v) is 4.39. The molecule has 36 valence electrons. The molecule has 0 rings (SSSR count). The van der Waals surface area contributed by atoms with Crippen molar-refractivity contribution >= 4 is 27.3 Å². The molecule has 0 aliphatic heterocycles. The second-order valence-electron chi connectivity index (χ2n) is 0. The van der Waals surface area contributed by atoms with Gasteiger partial charge in [-0.25, -0.2) is 0 Å². The number of hydrogen-bond donors (Lipinski definition) is 0. The molecule has 0 bridgehead atoms. The second kappa shape index (κ2) is 89.1. The summed E-state index contributed by atoms with van der Waals surface area (Å²) in [5, 5.41) is 0. The van der Waals surface area contributed by atoms with Crippen molar-refractivity contribution < 1.29 is 0 Å². The summed E-state index contributed by atoms with van der Waals surface area (Å²) in [6.07, 6.45) is 0. The number of hydrogen-bond acceptors (Lipinski definition) is 0. The monoisotopic (exact) mass is 272 g/mol. The molecular formula is C4H16Pb. The fourth-order valence-electron chi connectivity index (χ4n) is 0. The molecule has 0 aromatic carbocycles. The summed E-state index contributed by atoms with van der Waals surface area (Å²) in [7, 11) is 0. The zero-order chi connectivity index (χ0) is 0. The minimum Gasteiger partial charge on any atom is -0.0776 e. The molecule has 0 aromatic rings. The first-order valence-corrected chi connectivity index (χ1v) is 0. The van der Waals surface area contributed by atoms with Gasteiger partial charge in [0, 0.05) is 27.3 Å². The van der Waals surface area contributed by atoms with Crippen molar-refractivity contribution in [2.45, 2.75) is 29.7 Å². The molecule has 4 radical (unpaired) electrons. The Bertz CT molecular complexity index is 3.61. The van der Waals surface area contributed by atoms with Crippen LogP contribution in [0.25, 0.3) is 0 Å². The molecule has 0 spiro atoms. The molecule has 0 aliphatic rings. The quantitative estimate of drug-likeness (QED) is 0.592. The Balaban J connectivity index is 0. The third-order valence-electron chi connectivity index (χ3n) is 0. The maximum absolute atomic E-state index is 0. The molecule has 0 saturated heterocycles. The van der Waals surface area contributed by atoms with Gasteiger partial charge in [0.05, 0.1) is 0 Å². The van der Waals surface area contributed by atoms with Crippen molar-refractivity contribution in [3.63, 3.8) is 0 Å². The van der Waals surface area contributed by atoms with Gasteiger partial charge >= 0.3 is 0 Å². The summed E-state index contributed by atoms with van der Waals surface area (Å²) < 4.78 is 0. The SMILES string of the molecule is C.C.C.C.[Pb]. The molecular weight excluding hydrogens is 255 g/mol. The fraction of sp³-hybridized carbons (Fsp3) is 1.00. The Labute approximate surface area is 57.1 Å². The Morgan fingerprint density at radius 1 is 0.400 bits per heavy atom. The van der Waals surface area contributed by atoms with Crippen LogP contribution in [0, 0.1) is 0 Å². The van der Waals surface area contributed by atoms with Crippen LogP contribution in [0.4, 0.5) is 0 Å². The predicted octanol–water partition coefficient (Wildman–Crippen LogP) is 2.16. The summed E-state index contributed by atoms with van der Waals surface area (Å²) in [6.45, 7) is 0. The third kappa shape index (κ3) is 49.4. The van der Waals surface area contributed by atoms with Crippen LogP contribution >= 0.6 is 0 Å². The van der Waals surface area contributed by atoms with Gasteiger partial charge in [-0.1, -0.05) is 29.7 Å². The average Bonchev–Trinajstić information content (AvgIpc) is 0. The first-order valence-electron chi connectivity index (χ1n) is 0. The van der Waals surface area contributed by atoms with Crippen molar-refractivity contribution in [2.24, 2.45) is 0 Å². The molecule has 0 saturated carbocycles. The Morgan fingerprint density at radius 2 is 0.400 bits per heavy atom. The average molecular weight is 271 g/mol.